The molecule has 7 heteroatoms. The van der Waals surface area contributed by atoms with Gasteiger partial charge >= 0.3 is 0 Å². The van der Waals surface area contributed by atoms with Crippen LogP contribution >= 0.6 is 0 Å². The number of methoxy groups -OCH3 is 1. The van der Waals surface area contributed by atoms with Gasteiger partial charge in [0.05, 0.1) is 19.3 Å². The predicted molar refractivity (Wildman–Crippen MR) is 106 cm³/mol. The average Bonchev–Trinajstić information content (AvgIpc) is 2.66. The number of hydrogen-bond donors (Lipinski definition) is 1. The van der Waals surface area contributed by atoms with Crippen molar-refractivity contribution >= 4 is 17.4 Å². The number of nitrogens with one attached hydrogen (secondary N) is 1. The highest BCUT2D eigenvalue weighted by atomic mass is 16.5. The molecular weight excluding hydrogens is 342 g/mol. The summed E-state index contributed by atoms with van der Waals surface area (Å²) >= 11 is 0. The van der Waals surface area contributed by atoms with Crippen LogP contribution in [0, 0.1) is 0 Å². The summed E-state index contributed by atoms with van der Waals surface area (Å²) in [6.07, 6.45) is 2.33. The molecule has 0 fully saturated rings. The molecule has 1 aromatic heterocycles. The molecule has 2 aromatic rings. The first-order valence-electron chi connectivity index (χ1n) is 9.03. The first kappa shape index (κ1) is 18.9. The van der Waals surface area contributed by atoms with Crippen molar-refractivity contribution in [3.63, 3.8) is 0 Å². The molecule has 1 aromatic carbocycles. The van der Waals surface area contributed by atoms with Gasteiger partial charge in [-0.25, -0.2) is 9.97 Å². The molecule has 0 saturated carbocycles. The van der Waals surface area contributed by atoms with Crippen LogP contribution in [0.3, 0.4) is 0 Å². The lowest BCUT2D eigenvalue weighted by atomic mass is 9.99. The van der Waals surface area contributed by atoms with E-state index in [1.54, 1.807) is 13.4 Å². The minimum atomic E-state index is -0.733. The van der Waals surface area contributed by atoms with Gasteiger partial charge in [-0.1, -0.05) is 0 Å². The summed E-state index contributed by atoms with van der Waals surface area (Å²) in [5.41, 5.74) is 2.20. The van der Waals surface area contributed by atoms with Crippen molar-refractivity contribution < 1.29 is 9.53 Å². The summed E-state index contributed by atoms with van der Waals surface area (Å²) in [6, 6.07) is 7.57. The summed E-state index contributed by atoms with van der Waals surface area (Å²) in [5, 5.41) is 3.33. The van der Waals surface area contributed by atoms with Gasteiger partial charge in [0.2, 0.25) is 5.91 Å². The number of rotatable bonds is 5. The van der Waals surface area contributed by atoms with Crippen molar-refractivity contribution in [3.8, 4) is 5.75 Å². The molecule has 0 saturated heterocycles. The standard InChI is InChI=1S/C20H27N5O2/c1-20(2,23-14-6-8-15(27-5)9-7-14)19(26)25-11-10-16-17(12-25)21-13-22-18(16)24(3)4/h6-9,13,23H,10-12H2,1-5H3. The third-order valence-corrected chi connectivity index (χ3v) is 4.78. The second kappa shape index (κ2) is 7.42. The van der Waals surface area contributed by atoms with Crippen LogP contribution < -0.4 is 15.0 Å². The molecule has 1 aliphatic rings. The Bertz CT molecular complexity index is 818. The van der Waals surface area contributed by atoms with Gasteiger partial charge in [-0.3, -0.25) is 4.79 Å². The van der Waals surface area contributed by atoms with Gasteiger partial charge in [0.25, 0.3) is 0 Å². The molecule has 144 valence electrons. The zero-order valence-electron chi connectivity index (χ0n) is 16.6. The van der Waals surface area contributed by atoms with E-state index in [-0.39, 0.29) is 5.91 Å². The topological polar surface area (TPSA) is 70.6 Å². The Balaban J connectivity index is 1.74. The first-order chi connectivity index (χ1) is 12.8. The molecule has 7 nitrogen and oxygen atoms in total. The Kier molecular flexibility index (Phi) is 5.21. The lowest BCUT2D eigenvalue weighted by molar-refractivity contribution is -0.136. The third kappa shape index (κ3) is 3.97. The predicted octanol–water partition coefficient (Wildman–Crippen LogP) is 2.33. The fourth-order valence-corrected chi connectivity index (χ4v) is 3.38. The van der Waals surface area contributed by atoms with Crippen molar-refractivity contribution in [2.24, 2.45) is 0 Å². The SMILES string of the molecule is COc1ccc(NC(C)(C)C(=O)N2CCc3c(ncnc3N(C)C)C2)cc1. The number of fused-ring (bicyclic) bond motifs is 1. The number of nitrogens with zero attached hydrogens (tertiary/aromatic N) is 4. The summed E-state index contributed by atoms with van der Waals surface area (Å²) in [4.78, 5) is 25.8. The summed E-state index contributed by atoms with van der Waals surface area (Å²) in [5.74, 6) is 1.77. The first-order valence-corrected chi connectivity index (χ1v) is 9.03. The smallest absolute Gasteiger partial charge is 0.248 e. The highest BCUT2D eigenvalue weighted by molar-refractivity contribution is 5.88. The fourth-order valence-electron chi connectivity index (χ4n) is 3.38. The zero-order valence-corrected chi connectivity index (χ0v) is 16.6. The Labute approximate surface area is 160 Å². The number of aromatic nitrogens is 2. The van der Waals surface area contributed by atoms with E-state index in [1.165, 1.54) is 0 Å². The maximum Gasteiger partial charge on any atom is 0.248 e. The molecular formula is C20H27N5O2. The van der Waals surface area contributed by atoms with Gasteiger partial charge < -0.3 is 19.9 Å². The fraction of sp³-hybridized carbons (Fsp3) is 0.450. The van der Waals surface area contributed by atoms with Gasteiger partial charge in [0.15, 0.2) is 0 Å². The maximum atomic E-state index is 13.2. The molecule has 27 heavy (non-hydrogen) atoms. The molecule has 2 heterocycles. The Morgan fingerprint density at radius 1 is 1.22 bits per heavy atom. The number of carbonyl (C=O) groups excluding carboxylic acids is 1. The molecule has 0 aliphatic carbocycles. The Hall–Kier alpha value is -2.83. The van der Waals surface area contributed by atoms with Crippen LogP contribution in [0.1, 0.15) is 25.1 Å². The Morgan fingerprint density at radius 2 is 1.93 bits per heavy atom. The Morgan fingerprint density at radius 3 is 2.56 bits per heavy atom. The molecule has 0 spiro atoms. The van der Waals surface area contributed by atoms with E-state index >= 15 is 0 Å². The van der Waals surface area contributed by atoms with E-state index < -0.39 is 5.54 Å². The van der Waals surface area contributed by atoms with Crippen molar-refractivity contribution in [3.05, 3.63) is 41.9 Å². The molecule has 0 radical (unpaired) electrons. The number of hydrogen-bond acceptors (Lipinski definition) is 6. The lowest BCUT2D eigenvalue weighted by Crippen LogP contribution is -2.51. The van der Waals surface area contributed by atoms with Gasteiger partial charge in [-0.2, -0.15) is 0 Å². The molecule has 3 rings (SSSR count). The van der Waals surface area contributed by atoms with Crippen molar-refractivity contribution in [1.82, 2.24) is 14.9 Å². The number of ether oxygens (including phenoxy) is 1. The number of carbonyl (C=O) groups is 1. The second-order valence-electron chi connectivity index (χ2n) is 7.47. The summed E-state index contributed by atoms with van der Waals surface area (Å²) in [6.45, 7) is 4.97. The van der Waals surface area contributed by atoms with Crippen molar-refractivity contribution in [2.75, 3.05) is 38.0 Å². The van der Waals surface area contributed by atoms with Gasteiger partial charge in [0, 0.05) is 31.9 Å². The van der Waals surface area contributed by atoms with E-state index in [9.17, 15) is 4.79 Å². The summed E-state index contributed by atoms with van der Waals surface area (Å²) in [7, 11) is 5.58. The minimum Gasteiger partial charge on any atom is -0.497 e. The molecule has 1 amide bonds. The lowest BCUT2D eigenvalue weighted by Gasteiger charge is -2.36. The number of amides is 1. The molecule has 1 aliphatic heterocycles. The number of benzene rings is 1. The number of anilines is 2. The van der Waals surface area contributed by atoms with E-state index in [1.807, 2.05) is 62.0 Å². The van der Waals surface area contributed by atoms with Crippen LogP contribution in [-0.4, -0.2) is 54.1 Å². The van der Waals surface area contributed by atoms with Crippen molar-refractivity contribution in [2.45, 2.75) is 32.4 Å². The molecule has 0 unspecified atom stereocenters. The van der Waals surface area contributed by atoms with E-state index in [2.05, 4.69) is 15.3 Å². The van der Waals surface area contributed by atoms with E-state index in [0.717, 1.165) is 34.9 Å². The normalized spacial score (nSPS) is 13.7. The molecule has 0 atom stereocenters. The van der Waals surface area contributed by atoms with E-state index in [0.29, 0.717) is 13.1 Å². The zero-order chi connectivity index (χ0) is 19.6. The van der Waals surface area contributed by atoms with Gasteiger partial charge in [-0.05, 0) is 44.5 Å². The highest BCUT2D eigenvalue weighted by Crippen LogP contribution is 2.27. The quantitative estimate of drug-likeness (QED) is 0.872. The van der Waals surface area contributed by atoms with Crippen LogP contribution in [0.15, 0.2) is 30.6 Å². The van der Waals surface area contributed by atoms with Crippen LogP contribution in [0.25, 0.3) is 0 Å². The third-order valence-electron chi connectivity index (χ3n) is 4.78. The monoisotopic (exact) mass is 369 g/mol. The van der Waals surface area contributed by atoms with E-state index in [4.69, 9.17) is 4.74 Å². The molecule has 1 N–H and O–H groups in total. The average molecular weight is 369 g/mol. The largest absolute Gasteiger partial charge is 0.497 e. The second-order valence-corrected chi connectivity index (χ2v) is 7.47. The minimum absolute atomic E-state index is 0.0500. The van der Waals surface area contributed by atoms with Crippen LogP contribution in [0.2, 0.25) is 0 Å². The highest BCUT2D eigenvalue weighted by Gasteiger charge is 2.34. The van der Waals surface area contributed by atoms with Gasteiger partial charge in [-0.15, -0.1) is 0 Å². The summed E-state index contributed by atoms with van der Waals surface area (Å²) < 4.78 is 5.18. The molecule has 0 bridgehead atoms. The van der Waals surface area contributed by atoms with Gasteiger partial charge in [0.1, 0.15) is 23.4 Å². The van der Waals surface area contributed by atoms with Crippen LogP contribution in [-0.2, 0) is 17.8 Å². The van der Waals surface area contributed by atoms with Crippen LogP contribution in [0.4, 0.5) is 11.5 Å². The maximum absolute atomic E-state index is 13.2. The van der Waals surface area contributed by atoms with Crippen molar-refractivity contribution in [1.29, 1.82) is 0 Å². The van der Waals surface area contributed by atoms with Crippen LogP contribution in [0.5, 0.6) is 5.75 Å².